The summed E-state index contributed by atoms with van der Waals surface area (Å²) in [7, 11) is 3.21. The van der Waals surface area contributed by atoms with Gasteiger partial charge in [0.15, 0.2) is 29.2 Å². The van der Waals surface area contributed by atoms with E-state index in [9.17, 15) is 15.0 Å². The molecule has 3 heterocycles. The van der Waals surface area contributed by atoms with Crippen molar-refractivity contribution in [3.8, 4) is 0 Å². The fraction of sp³-hybridized carbons (Fsp3) is 0.962. The number of cyclic esters (lactones) is 1. The number of aliphatic hydroxyl groups is 2. The minimum atomic E-state index is -2.20. The lowest BCUT2D eigenvalue weighted by molar-refractivity contribution is -0.316. The molecule has 2 N–H and O–H groups in total. The first-order valence-corrected chi connectivity index (χ1v) is 33.4. The predicted molar refractivity (Wildman–Crippen MR) is 276 cm³/mol. The van der Waals surface area contributed by atoms with Crippen LogP contribution in [-0.2, 0) is 56.4 Å². The zero-order chi connectivity index (χ0) is 52.9. The molecule has 0 amide bonds. The van der Waals surface area contributed by atoms with Crippen molar-refractivity contribution in [1.29, 1.82) is 0 Å². The third-order valence-corrected chi connectivity index (χ3v) is 17.5. The van der Waals surface area contributed by atoms with Crippen molar-refractivity contribution in [2.75, 3.05) is 34.9 Å². The van der Waals surface area contributed by atoms with E-state index in [2.05, 4.69) is 65.2 Å². The standard InChI is InChI=1S/C52H100N2O14Si2/c1-22-39-51(11,57)44(55)34(5)41(53-68-52(60-23-2)27-25-24-26-28-52)32(3)30-49(9,58-14)45(65-48-43(66-69(16,17)18)38(54(12)13)29-33(4)61-48)35(6)42(36(7)47(56)63-39)64-40-31-50(10,59-15)46(37(8)62-40)67-70(19,20)21/h32-40,42-46,48,55,57H,22-31H2,1-21H3/b53-41-/t32-,33-,34-,35+,36-,37+,38+,39+,40+,42-,43-,44-,45-,46+,48+,49+,50-,51-/m1/s1. The zero-order valence-electron chi connectivity index (χ0n) is 47.4. The molecular weight excluding hydrogens is 933 g/mol. The molecule has 1 saturated carbocycles. The number of carbonyl (C=O) groups is 1. The van der Waals surface area contributed by atoms with E-state index >= 15 is 0 Å². The van der Waals surface area contributed by atoms with Crippen LogP contribution in [0.15, 0.2) is 5.16 Å². The number of hydrogen-bond acceptors (Lipinski definition) is 16. The molecule has 0 aromatic rings. The fourth-order valence-corrected chi connectivity index (χ4v) is 13.9. The topological polar surface area (TPSA) is 175 Å². The second-order valence-corrected chi connectivity index (χ2v) is 33.1. The molecule has 3 aliphatic heterocycles. The third-order valence-electron chi connectivity index (χ3n) is 15.5. The Hall–Kier alpha value is -1.11. The van der Waals surface area contributed by atoms with E-state index < -0.39 is 118 Å². The Kier molecular flexibility index (Phi) is 21.7. The molecule has 0 spiro atoms. The van der Waals surface area contributed by atoms with Crippen molar-refractivity contribution in [1.82, 2.24) is 4.90 Å². The van der Waals surface area contributed by atoms with Crippen molar-refractivity contribution >= 4 is 28.3 Å². The molecule has 4 aliphatic rings. The number of nitrogens with zero attached hydrogens (tertiary/aromatic N) is 2. The molecule has 4 rings (SSSR count). The molecule has 16 nitrogen and oxygen atoms in total. The van der Waals surface area contributed by atoms with E-state index in [1.807, 2.05) is 55.4 Å². The minimum Gasteiger partial charge on any atom is -0.459 e. The lowest BCUT2D eigenvalue weighted by Crippen LogP contribution is -2.63. The summed E-state index contributed by atoms with van der Waals surface area (Å²) < 4.78 is 67.7. The summed E-state index contributed by atoms with van der Waals surface area (Å²) in [5.41, 5.74) is -3.37. The molecule has 18 atom stereocenters. The predicted octanol–water partition coefficient (Wildman–Crippen LogP) is 8.66. The number of carbonyl (C=O) groups excluding carboxylic acids is 1. The third kappa shape index (κ3) is 15.1. The van der Waals surface area contributed by atoms with Gasteiger partial charge in [-0.25, -0.2) is 0 Å². The first kappa shape index (κ1) is 61.4. The maximum Gasteiger partial charge on any atom is 0.311 e. The number of oxime groups is 1. The normalized spacial score (nSPS) is 42.6. The highest BCUT2D eigenvalue weighted by Gasteiger charge is 2.55. The van der Waals surface area contributed by atoms with Crippen molar-refractivity contribution < 1.29 is 66.6 Å². The maximum absolute atomic E-state index is 14.9. The summed E-state index contributed by atoms with van der Waals surface area (Å²) >= 11 is 0. The Labute approximate surface area is 425 Å². The van der Waals surface area contributed by atoms with Gasteiger partial charge in [0.25, 0.3) is 0 Å². The number of methoxy groups -OCH3 is 2. The number of ether oxygens (including phenoxy) is 8. The van der Waals surface area contributed by atoms with Crippen molar-refractivity contribution in [2.45, 2.75) is 263 Å². The number of rotatable bonds is 16. The van der Waals surface area contributed by atoms with Gasteiger partial charge in [-0.15, -0.1) is 0 Å². The second-order valence-electron chi connectivity index (χ2n) is 24.2. The van der Waals surface area contributed by atoms with Crippen LogP contribution in [0.4, 0.5) is 0 Å². The molecule has 4 fully saturated rings. The Morgan fingerprint density at radius 3 is 1.90 bits per heavy atom. The lowest BCUT2D eigenvalue weighted by atomic mass is 9.73. The van der Waals surface area contributed by atoms with Gasteiger partial charge in [0.05, 0.1) is 59.5 Å². The SMILES string of the molecule is CCOC1(O/N=C2/[C@H](C)C[C@](C)(OC)[C@H](O[C@@H]3O[C@H](C)C[C@H](N(C)C)[C@H]3O[Si](C)(C)C)[C@@H](C)[C@@H](O[C@H]3C[C@@](C)(OC)[C@@H](O[Si](C)(C)C)[C@H](C)O3)[C@@H](C)C(=O)O[C@@H](CC)[C@@](C)(O)[C@H](O)[C@@H]2C)CCCCC1. The smallest absolute Gasteiger partial charge is 0.311 e. The highest BCUT2D eigenvalue weighted by atomic mass is 28.4. The Balaban J connectivity index is 1.98. The molecule has 1 aliphatic carbocycles. The van der Waals surface area contributed by atoms with E-state index in [1.165, 1.54) is 6.92 Å². The molecule has 70 heavy (non-hydrogen) atoms. The van der Waals surface area contributed by atoms with Gasteiger partial charge in [-0.3, -0.25) is 4.79 Å². The molecule has 0 radical (unpaired) electrons. The van der Waals surface area contributed by atoms with Crippen molar-refractivity contribution in [2.24, 2.45) is 28.8 Å². The molecule has 18 heteroatoms. The molecule has 0 aromatic carbocycles. The molecule has 410 valence electrons. The first-order chi connectivity index (χ1) is 32.3. The van der Waals surface area contributed by atoms with Crippen LogP contribution in [0.25, 0.3) is 0 Å². The highest BCUT2D eigenvalue weighted by Crippen LogP contribution is 2.44. The van der Waals surface area contributed by atoms with Crippen LogP contribution in [0.5, 0.6) is 0 Å². The molecule has 0 bridgehead atoms. The van der Waals surface area contributed by atoms with Gasteiger partial charge in [-0.2, -0.15) is 0 Å². The van der Waals surface area contributed by atoms with Crippen molar-refractivity contribution in [3.05, 3.63) is 0 Å². The van der Waals surface area contributed by atoms with Crippen LogP contribution in [0.3, 0.4) is 0 Å². The van der Waals surface area contributed by atoms with E-state index in [0.29, 0.717) is 38.0 Å². The second kappa shape index (κ2) is 24.7. The van der Waals surface area contributed by atoms with Gasteiger partial charge in [-0.1, -0.05) is 39.3 Å². The number of likely N-dealkylation sites (N-methyl/N-ethyl adjacent to an activating group) is 1. The van der Waals surface area contributed by atoms with Gasteiger partial charge in [-0.05, 0) is 134 Å². The summed E-state index contributed by atoms with van der Waals surface area (Å²) in [5, 5.41) is 29.7. The summed E-state index contributed by atoms with van der Waals surface area (Å²) in [5.74, 6) is -4.33. The van der Waals surface area contributed by atoms with Gasteiger partial charge in [0, 0.05) is 63.9 Å². The first-order valence-electron chi connectivity index (χ1n) is 26.6. The van der Waals surface area contributed by atoms with E-state index in [4.69, 9.17) is 56.7 Å². The number of esters is 1. The van der Waals surface area contributed by atoms with Crippen molar-refractivity contribution in [3.63, 3.8) is 0 Å². The summed E-state index contributed by atoms with van der Waals surface area (Å²) in [6.07, 6.45) is -1.63. The molecule has 0 unspecified atom stereocenters. The van der Waals surface area contributed by atoms with Gasteiger partial charge in [0.2, 0.25) is 5.79 Å². The molecular formula is C52H100N2O14Si2. The monoisotopic (exact) mass is 1030 g/mol. The van der Waals surface area contributed by atoms with E-state index in [-0.39, 0.29) is 24.7 Å². The minimum absolute atomic E-state index is 0.0347. The quantitative estimate of drug-likeness (QED) is 0.0650. The van der Waals surface area contributed by atoms with Crippen LogP contribution in [0.1, 0.15) is 134 Å². The number of aliphatic hydroxyl groups excluding tert-OH is 1. The van der Waals surface area contributed by atoms with Crippen LogP contribution < -0.4 is 0 Å². The summed E-state index contributed by atoms with van der Waals surface area (Å²) in [6.45, 7) is 34.4. The Morgan fingerprint density at radius 2 is 1.37 bits per heavy atom. The average molecular weight is 1030 g/mol. The summed E-state index contributed by atoms with van der Waals surface area (Å²) in [6, 6.07) is -0.0347. The fourth-order valence-electron chi connectivity index (χ4n) is 11.6. The lowest BCUT2D eigenvalue weighted by Gasteiger charge is -2.51. The average Bonchev–Trinajstić information content (AvgIpc) is 3.26. The van der Waals surface area contributed by atoms with Gasteiger partial charge >= 0.3 is 5.97 Å². The zero-order valence-corrected chi connectivity index (χ0v) is 49.4. The van der Waals surface area contributed by atoms with Crippen LogP contribution >= 0.6 is 0 Å². The van der Waals surface area contributed by atoms with Gasteiger partial charge < -0.3 is 66.7 Å². The molecule has 3 saturated heterocycles. The van der Waals surface area contributed by atoms with Crippen LogP contribution in [0, 0.1) is 23.7 Å². The number of hydrogen-bond donors (Lipinski definition) is 2. The Morgan fingerprint density at radius 1 is 0.786 bits per heavy atom. The van der Waals surface area contributed by atoms with Crippen LogP contribution in [-0.4, -0.2) is 168 Å². The van der Waals surface area contributed by atoms with Crippen LogP contribution in [0.2, 0.25) is 39.3 Å². The summed E-state index contributed by atoms with van der Waals surface area (Å²) in [4.78, 5) is 23.6. The van der Waals surface area contributed by atoms with E-state index in [0.717, 1.165) is 25.7 Å². The highest BCUT2D eigenvalue weighted by molar-refractivity contribution is 6.70. The Bertz CT molecular complexity index is 1670. The molecule has 0 aromatic heterocycles. The van der Waals surface area contributed by atoms with Gasteiger partial charge in [0.1, 0.15) is 17.8 Å². The maximum atomic E-state index is 14.9. The largest absolute Gasteiger partial charge is 0.459 e. The van der Waals surface area contributed by atoms with E-state index in [1.54, 1.807) is 21.1 Å².